The molecule has 0 atom stereocenters. The summed E-state index contributed by atoms with van der Waals surface area (Å²) < 4.78 is 18.3. The zero-order chi connectivity index (χ0) is 23.8. The van der Waals surface area contributed by atoms with Gasteiger partial charge in [0.05, 0.1) is 0 Å². The first-order valence-corrected chi connectivity index (χ1v) is 13.0. The van der Waals surface area contributed by atoms with Crippen molar-refractivity contribution in [1.82, 2.24) is 0 Å². The molecule has 34 heavy (non-hydrogen) atoms. The normalized spacial score (nSPS) is 13.3. The maximum Gasteiger partial charge on any atom is 0.191 e. The Morgan fingerprint density at radius 1 is 0.794 bits per heavy atom. The van der Waals surface area contributed by atoms with Crippen LogP contribution in [0.4, 0.5) is 0 Å². The summed E-state index contributed by atoms with van der Waals surface area (Å²) in [6, 6.07) is 26.0. The van der Waals surface area contributed by atoms with Gasteiger partial charge >= 0.3 is 0 Å². The summed E-state index contributed by atoms with van der Waals surface area (Å²) in [5, 5.41) is 0. The van der Waals surface area contributed by atoms with E-state index < -0.39 is 0 Å². The monoisotopic (exact) mass is 520 g/mol. The van der Waals surface area contributed by atoms with Crippen molar-refractivity contribution in [3.63, 3.8) is 0 Å². The number of halogens is 1. The first kappa shape index (κ1) is 24.7. The fourth-order valence-corrected chi connectivity index (χ4v) is 5.05. The van der Waals surface area contributed by atoms with Gasteiger partial charge in [0.15, 0.2) is 6.29 Å². The summed E-state index contributed by atoms with van der Waals surface area (Å²) in [6.07, 6.45) is 3.88. The van der Waals surface area contributed by atoms with E-state index in [4.69, 9.17) is 14.2 Å². The Morgan fingerprint density at radius 3 is 2.21 bits per heavy atom. The number of aryl methyl sites for hydroxylation is 3. The van der Waals surface area contributed by atoms with Crippen LogP contribution in [0.15, 0.2) is 77.3 Å². The van der Waals surface area contributed by atoms with Gasteiger partial charge in [0, 0.05) is 17.7 Å². The van der Waals surface area contributed by atoms with Crippen molar-refractivity contribution < 1.29 is 14.2 Å². The second-order valence-corrected chi connectivity index (χ2v) is 9.39. The number of hydrogen-bond acceptors (Lipinski definition) is 3. The molecule has 3 aromatic carbocycles. The first-order chi connectivity index (χ1) is 16.7. The van der Waals surface area contributed by atoms with Crippen molar-refractivity contribution >= 4 is 21.5 Å². The van der Waals surface area contributed by atoms with Crippen LogP contribution in [-0.4, -0.2) is 26.1 Å². The van der Waals surface area contributed by atoms with Gasteiger partial charge in [0.2, 0.25) is 0 Å². The van der Waals surface area contributed by atoms with Crippen LogP contribution in [0, 0.1) is 0 Å². The van der Waals surface area contributed by atoms with Gasteiger partial charge in [-0.05, 0) is 85.1 Å². The van der Waals surface area contributed by atoms with Crippen LogP contribution in [0.2, 0.25) is 0 Å². The predicted molar refractivity (Wildman–Crippen MR) is 143 cm³/mol. The Kier molecular flexibility index (Phi) is 8.97. The van der Waals surface area contributed by atoms with E-state index in [-0.39, 0.29) is 6.29 Å². The second kappa shape index (κ2) is 12.3. The minimum Gasteiger partial charge on any atom is -0.488 e. The number of hydrogen-bond donors (Lipinski definition) is 0. The van der Waals surface area contributed by atoms with Gasteiger partial charge in [0.25, 0.3) is 0 Å². The maximum atomic E-state index is 5.91. The van der Waals surface area contributed by atoms with Crippen molar-refractivity contribution in [3.8, 4) is 5.75 Å². The summed E-state index contributed by atoms with van der Waals surface area (Å²) in [5.74, 6) is 0.817. The Hall–Kier alpha value is -2.40. The number of allylic oxidation sites excluding steroid dienone is 1. The standard InChI is InChI=1S/C30H33BrO3/c1-3-32-29(33-4-2)21-34-26-16-13-24(14-17-26)30-27-18-12-23(20-25(27)15-19-28(30)31)11-10-22-8-6-5-7-9-22/h5-9,12-14,16-18,20,29H,3-4,10-11,15,19,21H2,1-2H3. The van der Waals surface area contributed by atoms with Gasteiger partial charge < -0.3 is 14.2 Å². The van der Waals surface area contributed by atoms with Crippen LogP contribution in [-0.2, 0) is 28.7 Å². The van der Waals surface area contributed by atoms with E-state index in [0.717, 1.165) is 31.4 Å². The van der Waals surface area contributed by atoms with Crippen molar-refractivity contribution in [2.45, 2.75) is 45.8 Å². The Bertz CT molecular complexity index is 1080. The van der Waals surface area contributed by atoms with Crippen molar-refractivity contribution in [2.24, 2.45) is 0 Å². The second-order valence-electron chi connectivity index (χ2n) is 8.43. The van der Waals surface area contributed by atoms with Crippen LogP contribution in [0.5, 0.6) is 5.75 Å². The molecule has 4 heteroatoms. The van der Waals surface area contributed by atoms with E-state index in [1.165, 1.54) is 37.9 Å². The minimum atomic E-state index is -0.340. The molecule has 0 heterocycles. The van der Waals surface area contributed by atoms with Crippen LogP contribution in [0.1, 0.15) is 48.1 Å². The average molecular weight is 521 g/mol. The molecule has 0 aliphatic heterocycles. The molecule has 1 aliphatic carbocycles. The molecular weight excluding hydrogens is 488 g/mol. The maximum absolute atomic E-state index is 5.91. The van der Waals surface area contributed by atoms with Crippen LogP contribution in [0.25, 0.3) is 5.57 Å². The third-order valence-electron chi connectivity index (χ3n) is 6.10. The van der Waals surface area contributed by atoms with Crippen LogP contribution >= 0.6 is 15.9 Å². The minimum absolute atomic E-state index is 0.340. The summed E-state index contributed by atoms with van der Waals surface area (Å²) in [7, 11) is 0. The Balaban J connectivity index is 1.46. The molecule has 0 amide bonds. The number of fused-ring (bicyclic) bond motifs is 1. The van der Waals surface area contributed by atoms with E-state index >= 15 is 0 Å². The fourth-order valence-electron chi connectivity index (χ4n) is 4.41. The molecule has 3 aromatic rings. The van der Waals surface area contributed by atoms with Crippen molar-refractivity contribution in [2.75, 3.05) is 19.8 Å². The molecule has 1 aliphatic rings. The lowest BCUT2D eigenvalue weighted by Gasteiger charge is -2.22. The van der Waals surface area contributed by atoms with Crippen molar-refractivity contribution in [3.05, 3.63) is 105 Å². The van der Waals surface area contributed by atoms with Crippen LogP contribution < -0.4 is 4.74 Å². The highest BCUT2D eigenvalue weighted by Gasteiger charge is 2.20. The van der Waals surface area contributed by atoms with Crippen LogP contribution in [0.3, 0.4) is 0 Å². The average Bonchev–Trinajstić information content (AvgIpc) is 2.87. The summed E-state index contributed by atoms with van der Waals surface area (Å²) >= 11 is 3.86. The molecule has 0 fully saturated rings. The van der Waals surface area contributed by atoms with E-state index in [1.807, 2.05) is 26.0 Å². The largest absolute Gasteiger partial charge is 0.488 e. The highest BCUT2D eigenvalue weighted by Crippen LogP contribution is 2.39. The van der Waals surface area contributed by atoms with Gasteiger partial charge in [-0.2, -0.15) is 0 Å². The molecule has 0 N–H and O–H groups in total. The molecule has 0 saturated heterocycles. The zero-order valence-electron chi connectivity index (χ0n) is 20.1. The number of rotatable bonds is 11. The molecule has 0 unspecified atom stereocenters. The molecule has 0 bridgehead atoms. The molecule has 0 spiro atoms. The van der Waals surface area contributed by atoms with Gasteiger partial charge in [-0.15, -0.1) is 0 Å². The summed E-state index contributed by atoms with van der Waals surface area (Å²) in [6.45, 7) is 5.49. The molecule has 0 radical (unpaired) electrons. The van der Waals surface area contributed by atoms with E-state index in [0.29, 0.717) is 19.8 Å². The lowest BCUT2D eigenvalue weighted by atomic mass is 9.85. The molecule has 0 aromatic heterocycles. The molecule has 4 rings (SSSR count). The highest BCUT2D eigenvalue weighted by atomic mass is 79.9. The predicted octanol–water partition coefficient (Wildman–Crippen LogP) is 7.35. The first-order valence-electron chi connectivity index (χ1n) is 12.2. The Morgan fingerprint density at radius 2 is 1.50 bits per heavy atom. The molecule has 0 saturated carbocycles. The number of ether oxygens (including phenoxy) is 3. The van der Waals surface area contributed by atoms with Gasteiger partial charge in [-0.25, -0.2) is 0 Å². The van der Waals surface area contributed by atoms with E-state index in [9.17, 15) is 0 Å². The van der Waals surface area contributed by atoms with Gasteiger partial charge in [-0.1, -0.05) is 76.6 Å². The highest BCUT2D eigenvalue weighted by molar-refractivity contribution is 9.11. The summed E-state index contributed by atoms with van der Waals surface area (Å²) in [4.78, 5) is 0. The van der Waals surface area contributed by atoms with Crippen molar-refractivity contribution in [1.29, 1.82) is 0 Å². The van der Waals surface area contributed by atoms with E-state index in [2.05, 4.69) is 76.6 Å². The Labute approximate surface area is 211 Å². The molecule has 3 nitrogen and oxygen atoms in total. The lowest BCUT2D eigenvalue weighted by Crippen LogP contribution is -2.25. The third-order valence-corrected chi connectivity index (χ3v) is 6.90. The third kappa shape index (κ3) is 6.38. The topological polar surface area (TPSA) is 27.7 Å². The van der Waals surface area contributed by atoms with Gasteiger partial charge in [-0.3, -0.25) is 0 Å². The zero-order valence-corrected chi connectivity index (χ0v) is 21.6. The smallest absolute Gasteiger partial charge is 0.191 e. The fraction of sp³-hybridized carbons (Fsp3) is 0.333. The van der Waals surface area contributed by atoms with Gasteiger partial charge in [0.1, 0.15) is 12.4 Å². The molecular formula is C30H33BrO3. The van der Waals surface area contributed by atoms with E-state index in [1.54, 1.807) is 0 Å². The summed E-state index contributed by atoms with van der Waals surface area (Å²) in [5.41, 5.74) is 8.03. The molecule has 178 valence electrons. The SMILES string of the molecule is CCOC(COc1ccc(C2=C(Br)CCc3cc(CCc4ccccc4)ccc32)cc1)OCC. The quantitative estimate of drug-likeness (QED) is 0.247. The lowest BCUT2D eigenvalue weighted by molar-refractivity contribution is -0.152. The number of benzene rings is 3.